The van der Waals surface area contributed by atoms with Gasteiger partial charge in [-0.05, 0) is 35.6 Å². The lowest BCUT2D eigenvalue weighted by Crippen LogP contribution is -2.30. The predicted molar refractivity (Wildman–Crippen MR) is 81.9 cm³/mol. The molecule has 2 aromatic carbocycles. The van der Waals surface area contributed by atoms with Crippen LogP contribution < -0.4 is 0 Å². The van der Waals surface area contributed by atoms with Gasteiger partial charge in [0.2, 0.25) is 0 Å². The number of carbonyl (C=O) groups is 1. The van der Waals surface area contributed by atoms with Gasteiger partial charge >= 0.3 is 0 Å². The lowest BCUT2D eigenvalue weighted by molar-refractivity contribution is 0.0749. The molecule has 1 aliphatic heterocycles. The zero-order valence-corrected chi connectivity index (χ0v) is 12.0. The van der Waals surface area contributed by atoms with E-state index >= 15 is 0 Å². The summed E-state index contributed by atoms with van der Waals surface area (Å²) in [4.78, 5) is 14.6. The average Bonchev–Trinajstić information content (AvgIpc) is 2.69. The molecule has 108 valence electrons. The number of aryl methyl sites for hydroxylation is 1. The Bertz CT molecular complexity index is 634. The van der Waals surface area contributed by atoms with E-state index in [9.17, 15) is 4.79 Å². The molecule has 1 amide bonds. The molecule has 0 saturated heterocycles. The van der Waals surface area contributed by atoms with Gasteiger partial charge < -0.3 is 10.0 Å². The van der Waals surface area contributed by atoms with Gasteiger partial charge in [-0.15, -0.1) is 0 Å². The van der Waals surface area contributed by atoms with Crippen molar-refractivity contribution in [2.45, 2.75) is 26.0 Å². The van der Waals surface area contributed by atoms with Gasteiger partial charge in [0.1, 0.15) is 0 Å². The fraction of sp³-hybridized carbons (Fsp3) is 0.278. The van der Waals surface area contributed by atoms with Crippen LogP contribution in [0, 0.1) is 0 Å². The van der Waals surface area contributed by atoms with Crippen LogP contribution in [0.1, 0.15) is 33.5 Å². The minimum Gasteiger partial charge on any atom is -0.392 e. The van der Waals surface area contributed by atoms with Crippen molar-refractivity contribution in [2.75, 3.05) is 6.54 Å². The van der Waals surface area contributed by atoms with Gasteiger partial charge in [0.15, 0.2) is 0 Å². The van der Waals surface area contributed by atoms with Crippen LogP contribution in [0.15, 0.2) is 48.5 Å². The molecular formula is C18H19NO2. The molecule has 1 aliphatic rings. The van der Waals surface area contributed by atoms with E-state index < -0.39 is 0 Å². The summed E-state index contributed by atoms with van der Waals surface area (Å²) in [6.07, 6.45) is 1.96. The molecule has 0 spiro atoms. The summed E-state index contributed by atoms with van der Waals surface area (Å²) >= 11 is 0. The van der Waals surface area contributed by atoms with E-state index in [0.29, 0.717) is 6.54 Å². The quantitative estimate of drug-likeness (QED) is 0.939. The molecule has 0 atom stereocenters. The zero-order valence-electron chi connectivity index (χ0n) is 12.0. The minimum absolute atomic E-state index is 0.0519. The maximum atomic E-state index is 12.7. The van der Waals surface area contributed by atoms with Crippen LogP contribution in [-0.2, 0) is 19.6 Å². The molecule has 0 radical (unpaired) electrons. The molecule has 0 fully saturated rings. The summed E-state index contributed by atoms with van der Waals surface area (Å²) < 4.78 is 0. The molecule has 0 bridgehead atoms. The number of aliphatic hydroxyl groups excluding tert-OH is 1. The van der Waals surface area contributed by atoms with E-state index in [0.717, 1.165) is 41.6 Å². The molecule has 0 saturated carbocycles. The van der Waals surface area contributed by atoms with Crippen molar-refractivity contribution in [3.63, 3.8) is 0 Å². The van der Waals surface area contributed by atoms with E-state index in [1.807, 2.05) is 53.4 Å². The molecular weight excluding hydrogens is 262 g/mol. The normalized spacial score (nSPS) is 14.7. The number of amides is 1. The first-order valence-electron chi connectivity index (χ1n) is 7.34. The third-order valence-corrected chi connectivity index (χ3v) is 3.99. The van der Waals surface area contributed by atoms with E-state index in [1.165, 1.54) is 0 Å². The Hall–Kier alpha value is -2.13. The topological polar surface area (TPSA) is 40.5 Å². The number of nitrogens with zero attached hydrogens (tertiary/aromatic N) is 1. The summed E-state index contributed by atoms with van der Waals surface area (Å²) in [5.74, 6) is 0.120. The first kappa shape index (κ1) is 13.8. The third kappa shape index (κ3) is 2.98. The number of benzene rings is 2. The Balaban J connectivity index is 1.80. The molecule has 3 rings (SSSR count). The van der Waals surface area contributed by atoms with Crippen molar-refractivity contribution in [3.05, 3.63) is 70.8 Å². The molecule has 0 unspecified atom stereocenters. The predicted octanol–water partition coefficient (Wildman–Crippen LogP) is 2.77. The second kappa shape index (κ2) is 6.10. The second-order valence-corrected chi connectivity index (χ2v) is 5.46. The summed E-state index contributed by atoms with van der Waals surface area (Å²) in [7, 11) is 0. The molecule has 21 heavy (non-hydrogen) atoms. The van der Waals surface area contributed by atoms with Crippen molar-refractivity contribution in [1.82, 2.24) is 4.90 Å². The minimum atomic E-state index is 0.0519. The number of carbonyl (C=O) groups excluding carboxylic acids is 1. The second-order valence-electron chi connectivity index (χ2n) is 5.46. The zero-order chi connectivity index (χ0) is 14.7. The van der Waals surface area contributed by atoms with Crippen LogP contribution in [0.4, 0.5) is 0 Å². The molecule has 2 aromatic rings. The lowest BCUT2D eigenvalue weighted by Gasteiger charge is -2.21. The van der Waals surface area contributed by atoms with Crippen molar-refractivity contribution in [3.8, 4) is 0 Å². The van der Waals surface area contributed by atoms with Crippen LogP contribution in [-0.4, -0.2) is 22.5 Å². The Kier molecular flexibility index (Phi) is 4.02. The SMILES string of the molecule is O=C1c2ccccc2CCCN1Cc1ccc(CO)cc1. The highest BCUT2D eigenvalue weighted by Gasteiger charge is 2.21. The van der Waals surface area contributed by atoms with E-state index in [1.54, 1.807) is 0 Å². The molecule has 0 aliphatic carbocycles. The third-order valence-electron chi connectivity index (χ3n) is 3.99. The standard InChI is InChI=1S/C18H19NO2/c20-13-15-9-7-14(8-10-15)12-19-11-3-5-16-4-1-2-6-17(16)18(19)21/h1-2,4,6-10,20H,3,5,11-13H2. The maximum absolute atomic E-state index is 12.7. The molecule has 0 aromatic heterocycles. The van der Waals surface area contributed by atoms with Crippen molar-refractivity contribution in [2.24, 2.45) is 0 Å². The Morgan fingerprint density at radius 2 is 1.71 bits per heavy atom. The van der Waals surface area contributed by atoms with Gasteiger partial charge in [-0.2, -0.15) is 0 Å². The fourth-order valence-electron chi connectivity index (χ4n) is 2.80. The van der Waals surface area contributed by atoms with Crippen LogP contribution in [0.2, 0.25) is 0 Å². The smallest absolute Gasteiger partial charge is 0.254 e. The summed E-state index contributed by atoms with van der Waals surface area (Å²) in [5.41, 5.74) is 3.98. The molecule has 3 heteroatoms. The van der Waals surface area contributed by atoms with Crippen molar-refractivity contribution >= 4 is 5.91 Å². The monoisotopic (exact) mass is 281 g/mol. The highest BCUT2D eigenvalue weighted by Crippen LogP contribution is 2.20. The van der Waals surface area contributed by atoms with Gasteiger partial charge in [0.05, 0.1) is 6.61 Å². The largest absolute Gasteiger partial charge is 0.392 e. The first-order chi connectivity index (χ1) is 10.3. The average molecular weight is 281 g/mol. The molecule has 3 nitrogen and oxygen atoms in total. The van der Waals surface area contributed by atoms with Crippen molar-refractivity contribution in [1.29, 1.82) is 0 Å². The Labute approximate surface area is 124 Å². The summed E-state index contributed by atoms with van der Waals surface area (Å²) in [6, 6.07) is 15.7. The lowest BCUT2D eigenvalue weighted by atomic mass is 10.0. The number of fused-ring (bicyclic) bond motifs is 1. The number of rotatable bonds is 3. The van der Waals surface area contributed by atoms with Crippen LogP contribution in [0.25, 0.3) is 0 Å². The number of hydrogen-bond donors (Lipinski definition) is 1. The number of hydrogen-bond acceptors (Lipinski definition) is 2. The molecule has 1 heterocycles. The maximum Gasteiger partial charge on any atom is 0.254 e. The van der Waals surface area contributed by atoms with Gasteiger partial charge in [0.25, 0.3) is 5.91 Å². The van der Waals surface area contributed by atoms with E-state index in [4.69, 9.17) is 5.11 Å². The summed E-state index contributed by atoms with van der Waals surface area (Å²) in [6.45, 7) is 1.46. The van der Waals surface area contributed by atoms with Crippen LogP contribution in [0.5, 0.6) is 0 Å². The van der Waals surface area contributed by atoms with Gasteiger partial charge in [0, 0.05) is 18.7 Å². The van der Waals surface area contributed by atoms with E-state index in [2.05, 4.69) is 0 Å². The number of aliphatic hydroxyl groups is 1. The molecule has 1 N–H and O–H groups in total. The highest BCUT2D eigenvalue weighted by molar-refractivity contribution is 5.96. The Morgan fingerprint density at radius 3 is 2.48 bits per heavy atom. The van der Waals surface area contributed by atoms with Crippen LogP contribution in [0.3, 0.4) is 0 Å². The Morgan fingerprint density at radius 1 is 1.00 bits per heavy atom. The van der Waals surface area contributed by atoms with E-state index in [-0.39, 0.29) is 12.5 Å². The first-order valence-corrected chi connectivity index (χ1v) is 7.34. The van der Waals surface area contributed by atoms with Crippen LogP contribution >= 0.6 is 0 Å². The van der Waals surface area contributed by atoms with Gasteiger partial charge in [-0.3, -0.25) is 4.79 Å². The highest BCUT2D eigenvalue weighted by atomic mass is 16.3. The van der Waals surface area contributed by atoms with Gasteiger partial charge in [-0.25, -0.2) is 0 Å². The fourth-order valence-corrected chi connectivity index (χ4v) is 2.80. The summed E-state index contributed by atoms with van der Waals surface area (Å²) in [5, 5.41) is 9.07. The van der Waals surface area contributed by atoms with Crippen molar-refractivity contribution < 1.29 is 9.90 Å². The van der Waals surface area contributed by atoms with Gasteiger partial charge in [-0.1, -0.05) is 42.5 Å².